The fourth-order valence-corrected chi connectivity index (χ4v) is 5.88. The van der Waals surface area contributed by atoms with Crippen LogP contribution in [0.1, 0.15) is 11.1 Å². The summed E-state index contributed by atoms with van der Waals surface area (Å²) in [5.41, 5.74) is 1.50. The van der Waals surface area contributed by atoms with Gasteiger partial charge < -0.3 is 10.2 Å². The molecule has 0 aromatic heterocycles. The van der Waals surface area contributed by atoms with E-state index in [9.17, 15) is 18.4 Å². The first-order valence-electron chi connectivity index (χ1n) is 10.2. The van der Waals surface area contributed by atoms with Crippen molar-refractivity contribution in [3.8, 4) is 0 Å². The first-order valence-corrected chi connectivity index (χ1v) is 11.6. The van der Waals surface area contributed by atoms with Gasteiger partial charge in [0.2, 0.25) is 0 Å². The number of anilines is 2. The van der Waals surface area contributed by atoms with Crippen molar-refractivity contribution < 1.29 is 18.4 Å². The van der Waals surface area contributed by atoms with Crippen molar-refractivity contribution in [2.24, 2.45) is 0 Å². The van der Waals surface area contributed by atoms with Crippen molar-refractivity contribution in [3.63, 3.8) is 0 Å². The highest BCUT2D eigenvalue weighted by atomic mass is 35.5. The Hall–Kier alpha value is -3.10. The lowest BCUT2D eigenvalue weighted by Gasteiger charge is -2.33. The average Bonchev–Trinajstić information content (AvgIpc) is 3.35. The summed E-state index contributed by atoms with van der Waals surface area (Å²) in [7, 11) is 0. The Morgan fingerprint density at radius 2 is 1.73 bits per heavy atom. The molecule has 168 valence electrons. The van der Waals surface area contributed by atoms with Gasteiger partial charge in [0.1, 0.15) is 11.6 Å². The summed E-state index contributed by atoms with van der Waals surface area (Å²) in [6.07, 6.45) is 0. The van der Waals surface area contributed by atoms with Crippen molar-refractivity contribution in [1.29, 1.82) is 0 Å². The molecular formula is C24H18ClF2N3O2S. The zero-order valence-corrected chi connectivity index (χ0v) is 18.8. The summed E-state index contributed by atoms with van der Waals surface area (Å²) >= 11 is 7.26. The van der Waals surface area contributed by atoms with Gasteiger partial charge in [-0.25, -0.2) is 13.6 Å². The molecular weight excluding hydrogens is 468 g/mol. The predicted octanol–water partition coefficient (Wildman–Crippen LogP) is 5.60. The summed E-state index contributed by atoms with van der Waals surface area (Å²) in [4.78, 5) is 28.7. The van der Waals surface area contributed by atoms with Crippen molar-refractivity contribution in [3.05, 3.63) is 94.5 Å². The third kappa shape index (κ3) is 3.54. The molecule has 1 N–H and O–H groups in total. The van der Waals surface area contributed by atoms with Crippen LogP contribution in [0, 0.1) is 11.6 Å². The van der Waals surface area contributed by atoms with Crippen molar-refractivity contribution >= 4 is 46.7 Å². The van der Waals surface area contributed by atoms with Crippen LogP contribution in [0.5, 0.6) is 0 Å². The van der Waals surface area contributed by atoms with E-state index >= 15 is 0 Å². The average molecular weight is 486 g/mol. The number of carbonyl (C=O) groups excluding carboxylic acids is 2. The van der Waals surface area contributed by atoms with Gasteiger partial charge in [0.15, 0.2) is 4.87 Å². The molecule has 2 aliphatic rings. The normalized spacial score (nSPS) is 19.3. The molecule has 2 aliphatic heterocycles. The molecule has 1 fully saturated rings. The second-order valence-electron chi connectivity index (χ2n) is 7.69. The molecule has 0 unspecified atom stereocenters. The van der Waals surface area contributed by atoms with Crippen LogP contribution in [0.25, 0.3) is 0 Å². The molecule has 0 aliphatic carbocycles. The molecule has 0 saturated carbocycles. The minimum Gasteiger partial charge on any atom is -0.308 e. The number of carbonyl (C=O) groups is 2. The molecule has 5 rings (SSSR count). The number of nitrogens with one attached hydrogen (secondary N) is 1. The van der Waals surface area contributed by atoms with Gasteiger partial charge in [0.05, 0.1) is 12.2 Å². The molecule has 0 bridgehead atoms. The number of hydrogen-bond donors (Lipinski definition) is 1. The van der Waals surface area contributed by atoms with E-state index < -0.39 is 28.4 Å². The van der Waals surface area contributed by atoms with E-state index in [0.29, 0.717) is 34.3 Å². The molecule has 33 heavy (non-hydrogen) atoms. The SMILES string of the molecule is O=C(Nc1ccc(Cl)cc1)N1CCS[C@]12C(=O)N(Cc1c(F)cccc1F)c1ccccc12. The number of benzene rings is 3. The maximum absolute atomic E-state index is 14.4. The second kappa shape index (κ2) is 8.35. The molecule has 1 atom stereocenters. The largest absolute Gasteiger partial charge is 0.323 e. The minimum atomic E-state index is -1.31. The minimum absolute atomic E-state index is 0.196. The zero-order chi connectivity index (χ0) is 23.2. The molecule has 9 heteroatoms. The van der Waals surface area contributed by atoms with Crippen LogP contribution in [-0.2, 0) is 16.2 Å². The van der Waals surface area contributed by atoms with Crippen LogP contribution in [0.2, 0.25) is 5.02 Å². The number of amides is 3. The van der Waals surface area contributed by atoms with E-state index in [1.807, 2.05) is 0 Å². The fourth-order valence-electron chi connectivity index (χ4n) is 4.29. The third-order valence-corrected chi connectivity index (χ3v) is 7.49. The highest BCUT2D eigenvalue weighted by molar-refractivity contribution is 8.01. The van der Waals surface area contributed by atoms with Crippen LogP contribution in [0.4, 0.5) is 25.0 Å². The Balaban J connectivity index is 1.52. The topological polar surface area (TPSA) is 52.7 Å². The lowest BCUT2D eigenvalue weighted by molar-refractivity contribution is -0.123. The van der Waals surface area contributed by atoms with E-state index in [-0.39, 0.29) is 12.1 Å². The summed E-state index contributed by atoms with van der Waals surface area (Å²) in [5, 5.41) is 3.36. The number of urea groups is 1. The van der Waals surface area contributed by atoms with Gasteiger partial charge >= 0.3 is 6.03 Å². The molecule has 3 aromatic carbocycles. The highest BCUT2D eigenvalue weighted by Crippen LogP contribution is 2.54. The van der Waals surface area contributed by atoms with Crippen LogP contribution >= 0.6 is 23.4 Å². The Labute approximate surface area is 198 Å². The van der Waals surface area contributed by atoms with Gasteiger partial charge in [-0.1, -0.05) is 35.9 Å². The maximum Gasteiger partial charge on any atom is 0.323 e. The molecule has 0 radical (unpaired) electrons. The van der Waals surface area contributed by atoms with Crippen molar-refractivity contribution in [1.82, 2.24) is 4.90 Å². The number of hydrogen-bond acceptors (Lipinski definition) is 3. The van der Waals surface area contributed by atoms with Gasteiger partial charge in [-0.05, 0) is 42.5 Å². The number of fused-ring (bicyclic) bond motifs is 2. The molecule has 3 aromatic rings. The van der Waals surface area contributed by atoms with E-state index in [0.717, 1.165) is 12.1 Å². The number of para-hydroxylation sites is 1. The molecule has 2 heterocycles. The highest BCUT2D eigenvalue weighted by Gasteiger charge is 2.59. The monoisotopic (exact) mass is 485 g/mol. The lowest BCUT2D eigenvalue weighted by atomic mass is 10.1. The van der Waals surface area contributed by atoms with Crippen LogP contribution in [-0.4, -0.2) is 29.1 Å². The molecule has 5 nitrogen and oxygen atoms in total. The summed E-state index contributed by atoms with van der Waals surface area (Å²) in [5.74, 6) is -1.31. The Morgan fingerprint density at radius 3 is 2.45 bits per heavy atom. The third-order valence-electron chi connectivity index (χ3n) is 5.82. The Bertz CT molecular complexity index is 1240. The van der Waals surface area contributed by atoms with Crippen molar-refractivity contribution in [2.75, 3.05) is 22.5 Å². The molecule has 3 amide bonds. The van der Waals surface area contributed by atoms with Gasteiger partial charge in [-0.2, -0.15) is 0 Å². The first kappa shape index (κ1) is 21.7. The van der Waals surface area contributed by atoms with E-state index in [4.69, 9.17) is 11.6 Å². The van der Waals surface area contributed by atoms with E-state index in [2.05, 4.69) is 5.32 Å². The Kier molecular flexibility index (Phi) is 5.50. The lowest BCUT2D eigenvalue weighted by Crippen LogP contribution is -2.51. The summed E-state index contributed by atoms with van der Waals surface area (Å²) in [6, 6.07) is 16.9. The van der Waals surface area contributed by atoms with Gasteiger partial charge in [-0.15, -0.1) is 11.8 Å². The number of nitrogens with zero attached hydrogens (tertiary/aromatic N) is 2. The number of rotatable bonds is 3. The second-order valence-corrected chi connectivity index (χ2v) is 9.41. The van der Waals surface area contributed by atoms with E-state index in [1.165, 1.54) is 27.6 Å². The van der Waals surface area contributed by atoms with Crippen LogP contribution in [0.3, 0.4) is 0 Å². The number of thioether (sulfide) groups is 1. The smallest absolute Gasteiger partial charge is 0.308 e. The fraction of sp³-hybridized carbons (Fsp3) is 0.167. The number of halogens is 3. The van der Waals surface area contributed by atoms with Crippen LogP contribution in [0.15, 0.2) is 66.7 Å². The first-order chi connectivity index (χ1) is 15.9. The van der Waals surface area contributed by atoms with Gasteiger partial charge in [-0.3, -0.25) is 9.69 Å². The quantitative estimate of drug-likeness (QED) is 0.525. The zero-order valence-electron chi connectivity index (χ0n) is 17.2. The standard InChI is InChI=1S/C24H18ClF2N3O2S/c25-15-8-10-16(11-9-15)28-23(32)30-12-13-33-24(30)18-4-1-2-7-21(18)29(22(24)31)14-17-19(26)5-3-6-20(17)27/h1-11H,12-14H2,(H,28,32)/t24-/m1/s1. The van der Waals surface area contributed by atoms with Crippen LogP contribution < -0.4 is 10.2 Å². The Morgan fingerprint density at radius 1 is 1.03 bits per heavy atom. The molecule has 1 saturated heterocycles. The maximum atomic E-state index is 14.4. The summed E-state index contributed by atoms with van der Waals surface area (Å²) in [6.45, 7) is 0.0649. The predicted molar refractivity (Wildman–Crippen MR) is 125 cm³/mol. The van der Waals surface area contributed by atoms with Gasteiger partial charge in [0, 0.05) is 34.1 Å². The molecule has 1 spiro atoms. The van der Waals surface area contributed by atoms with Crippen molar-refractivity contribution in [2.45, 2.75) is 11.4 Å². The van der Waals surface area contributed by atoms with Gasteiger partial charge in [0.25, 0.3) is 5.91 Å². The van der Waals surface area contributed by atoms with E-state index in [1.54, 1.807) is 48.5 Å². The summed E-state index contributed by atoms with van der Waals surface area (Å²) < 4.78 is 28.8.